The van der Waals surface area contributed by atoms with Gasteiger partial charge < -0.3 is 9.47 Å². The van der Waals surface area contributed by atoms with Crippen molar-refractivity contribution in [3.05, 3.63) is 87.2 Å². The first-order valence-corrected chi connectivity index (χ1v) is 11.0. The highest BCUT2D eigenvalue weighted by Crippen LogP contribution is 2.40. The molecule has 1 aliphatic rings. The molecule has 0 bridgehead atoms. The van der Waals surface area contributed by atoms with Crippen molar-refractivity contribution in [2.45, 2.75) is 6.92 Å². The molecule has 0 aliphatic carbocycles. The van der Waals surface area contributed by atoms with Gasteiger partial charge in [-0.25, -0.2) is 4.98 Å². The second kappa shape index (κ2) is 7.70. The Labute approximate surface area is 186 Å². The summed E-state index contributed by atoms with van der Waals surface area (Å²) in [6, 6.07) is 21.2. The van der Waals surface area contributed by atoms with Crippen LogP contribution < -0.4 is 9.47 Å². The number of ether oxygens (including phenoxy) is 2. The van der Waals surface area contributed by atoms with E-state index in [0.717, 1.165) is 31.9 Å². The molecule has 5 rings (SSSR count). The van der Waals surface area contributed by atoms with Gasteiger partial charge in [-0.05, 0) is 49.4 Å². The molecule has 0 fully saturated rings. The predicted octanol–water partition coefficient (Wildman–Crippen LogP) is 6.51. The summed E-state index contributed by atoms with van der Waals surface area (Å²) in [6.07, 6.45) is 0. The third-order valence-corrected chi connectivity index (χ3v) is 6.52. The van der Waals surface area contributed by atoms with E-state index in [4.69, 9.17) is 14.5 Å². The van der Waals surface area contributed by atoms with Crippen molar-refractivity contribution in [3.63, 3.8) is 0 Å². The van der Waals surface area contributed by atoms with E-state index >= 15 is 0 Å². The second-order valence-electron chi connectivity index (χ2n) is 6.97. The number of carbonyl (C=O) groups is 1. The fraction of sp³-hybridized carbons (Fsp3) is 0.0833. The van der Waals surface area contributed by atoms with Gasteiger partial charge in [0.15, 0.2) is 11.5 Å². The summed E-state index contributed by atoms with van der Waals surface area (Å²) in [7, 11) is 0. The van der Waals surface area contributed by atoms with E-state index in [9.17, 15) is 4.79 Å². The Kier molecular flexibility index (Phi) is 4.89. The molecule has 0 unspecified atom stereocenters. The molecular weight excluding hydrogens is 462 g/mol. The lowest BCUT2D eigenvalue weighted by Crippen LogP contribution is -2.00. The van der Waals surface area contributed by atoms with Gasteiger partial charge in [0.05, 0.1) is 5.69 Å². The Bertz CT molecular complexity index is 1250. The average Bonchev–Trinajstić information content (AvgIpc) is 3.41. The van der Waals surface area contributed by atoms with E-state index < -0.39 is 0 Å². The first-order valence-electron chi connectivity index (χ1n) is 9.36. The number of aryl methyl sites for hydroxylation is 1. The van der Waals surface area contributed by atoms with Crippen molar-refractivity contribution in [2.75, 3.05) is 6.79 Å². The van der Waals surface area contributed by atoms with Crippen molar-refractivity contribution >= 4 is 33.0 Å². The van der Waals surface area contributed by atoms with E-state index in [0.29, 0.717) is 21.9 Å². The summed E-state index contributed by atoms with van der Waals surface area (Å²) in [4.78, 5) is 18.8. The first-order chi connectivity index (χ1) is 14.6. The maximum atomic E-state index is 13.4. The summed E-state index contributed by atoms with van der Waals surface area (Å²) in [5.74, 6) is 1.38. The standard InChI is InChI=1S/C24H16BrNO3S/c1-14-2-4-15(5-3-14)21-23(22(27)16-6-9-18(25)10-7-16)30-24(26-21)17-8-11-19-20(12-17)29-13-28-19/h2-12H,13H2,1H3. The smallest absolute Gasteiger partial charge is 0.231 e. The lowest BCUT2D eigenvalue weighted by molar-refractivity contribution is 0.104. The molecule has 1 aromatic heterocycles. The summed E-state index contributed by atoms with van der Waals surface area (Å²) < 4.78 is 11.8. The van der Waals surface area contributed by atoms with Gasteiger partial charge in [-0.15, -0.1) is 11.3 Å². The van der Waals surface area contributed by atoms with E-state index in [1.807, 2.05) is 73.7 Å². The van der Waals surface area contributed by atoms with Crippen LogP contribution in [-0.2, 0) is 0 Å². The van der Waals surface area contributed by atoms with Crippen LogP contribution in [-0.4, -0.2) is 17.6 Å². The van der Waals surface area contributed by atoms with Crippen LogP contribution in [0.5, 0.6) is 11.5 Å². The number of benzene rings is 3. The van der Waals surface area contributed by atoms with Crippen LogP contribution in [0.4, 0.5) is 0 Å². The van der Waals surface area contributed by atoms with Crippen LogP contribution in [0.15, 0.2) is 71.2 Å². The van der Waals surface area contributed by atoms with E-state index in [1.54, 1.807) is 0 Å². The number of nitrogens with zero attached hydrogens (tertiary/aromatic N) is 1. The van der Waals surface area contributed by atoms with Crippen molar-refractivity contribution in [1.82, 2.24) is 4.98 Å². The van der Waals surface area contributed by atoms with Crippen molar-refractivity contribution in [1.29, 1.82) is 0 Å². The highest BCUT2D eigenvalue weighted by molar-refractivity contribution is 9.10. The van der Waals surface area contributed by atoms with Crippen LogP contribution in [0.3, 0.4) is 0 Å². The van der Waals surface area contributed by atoms with Gasteiger partial charge in [0.2, 0.25) is 12.6 Å². The summed E-state index contributed by atoms with van der Waals surface area (Å²) in [5.41, 5.74) is 4.30. The Balaban J connectivity index is 1.63. The Morgan fingerprint density at radius 3 is 2.40 bits per heavy atom. The minimum Gasteiger partial charge on any atom is -0.454 e. The number of carbonyl (C=O) groups excluding carboxylic acids is 1. The fourth-order valence-electron chi connectivity index (χ4n) is 3.27. The third-order valence-electron chi connectivity index (χ3n) is 4.88. The molecule has 1 aliphatic heterocycles. The van der Waals surface area contributed by atoms with Gasteiger partial charge in [0.25, 0.3) is 0 Å². The molecule has 0 amide bonds. The Morgan fingerprint density at radius 1 is 0.933 bits per heavy atom. The number of thiazole rings is 1. The predicted molar refractivity (Wildman–Crippen MR) is 121 cm³/mol. The minimum absolute atomic E-state index is 0.0393. The van der Waals surface area contributed by atoms with Gasteiger partial charge in [0, 0.05) is 21.2 Å². The molecule has 4 nitrogen and oxygen atoms in total. The van der Waals surface area contributed by atoms with Gasteiger partial charge >= 0.3 is 0 Å². The number of ketones is 1. The fourth-order valence-corrected chi connectivity index (χ4v) is 4.58. The van der Waals surface area contributed by atoms with Crippen LogP contribution in [0, 0.1) is 6.92 Å². The lowest BCUT2D eigenvalue weighted by Gasteiger charge is -2.03. The number of hydrogen-bond donors (Lipinski definition) is 0. The zero-order chi connectivity index (χ0) is 20.7. The van der Waals surface area contributed by atoms with Crippen LogP contribution in [0.25, 0.3) is 21.8 Å². The zero-order valence-corrected chi connectivity index (χ0v) is 18.4. The van der Waals surface area contributed by atoms with Crippen LogP contribution in [0.2, 0.25) is 0 Å². The molecule has 0 radical (unpaired) electrons. The largest absolute Gasteiger partial charge is 0.454 e. The second-order valence-corrected chi connectivity index (χ2v) is 8.88. The van der Waals surface area contributed by atoms with Crippen molar-refractivity contribution in [2.24, 2.45) is 0 Å². The van der Waals surface area contributed by atoms with Crippen molar-refractivity contribution in [3.8, 4) is 33.3 Å². The number of rotatable bonds is 4. The Hall–Kier alpha value is -2.96. The number of fused-ring (bicyclic) bond motifs is 1. The number of halogens is 1. The van der Waals surface area contributed by atoms with Crippen molar-refractivity contribution < 1.29 is 14.3 Å². The van der Waals surface area contributed by atoms with E-state index in [2.05, 4.69) is 15.9 Å². The molecule has 0 saturated carbocycles. The molecule has 3 aromatic carbocycles. The summed E-state index contributed by atoms with van der Waals surface area (Å²) in [5, 5.41) is 0.768. The summed E-state index contributed by atoms with van der Waals surface area (Å²) >= 11 is 4.82. The van der Waals surface area contributed by atoms with Crippen LogP contribution >= 0.6 is 27.3 Å². The van der Waals surface area contributed by atoms with Gasteiger partial charge in [-0.1, -0.05) is 45.8 Å². The highest BCUT2D eigenvalue weighted by Gasteiger charge is 2.23. The van der Waals surface area contributed by atoms with E-state index in [1.165, 1.54) is 11.3 Å². The average molecular weight is 478 g/mol. The number of hydrogen-bond acceptors (Lipinski definition) is 5. The molecule has 0 atom stereocenters. The maximum absolute atomic E-state index is 13.4. The Morgan fingerprint density at radius 2 is 1.63 bits per heavy atom. The monoisotopic (exact) mass is 477 g/mol. The third kappa shape index (κ3) is 3.53. The van der Waals surface area contributed by atoms with Gasteiger partial charge in [0.1, 0.15) is 9.88 Å². The SMILES string of the molecule is Cc1ccc(-c2nc(-c3ccc4c(c3)OCO4)sc2C(=O)c2ccc(Br)cc2)cc1. The topological polar surface area (TPSA) is 48.4 Å². The van der Waals surface area contributed by atoms with Crippen LogP contribution in [0.1, 0.15) is 20.8 Å². The molecular formula is C24H16BrNO3S. The molecule has 2 heterocycles. The normalized spacial score (nSPS) is 12.2. The molecule has 30 heavy (non-hydrogen) atoms. The summed E-state index contributed by atoms with van der Waals surface area (Å²) in [6.45, 7) is 2.26. The van der Waals surface area contributed by atoms with Gasteiger partial charge in [-0.2, -0.15) is 0 Å². The zero-order valence-electron chi connectivity index (χ0n) is 16.0. The van der Waals surface area contributed by atoms with E-state index in [-0.39, 0.29) is 12.6 Å². The quantitative estimate of drug-likeness (QED) is 0.314. The molecule has 0 saturated heterocycles. The first kappa shape index (κ1) is 19.0. The molecule has 4 aromatic rings. The molecule has 0 spiro atoms. The molecule has 0 N–H and O–H groups in total. The minimum atomic E-state index is -0.0393. The molecule has 148 valence electrons. The highest BCUT2D eigenvalue weighted by atomic mass is 79.9. The number of aromatic nitrogens is 1. The maximum Gasteiger partial charge on any atom is 0.231 e. The lowest BCUT2D eigenvalue weighted by atomic mass is 10.0. The van der Waals surface area contributed by atoms with Gasteiger partial charge in [-0.3, -0.25) is 4.79 Å². The molecule has 6 heteroatoms.